The maximum absolute atomic E-state index is 12.3. The van der Waals surface area contributed by atoms with Gasteiger partial charge in [0.15, 0.2) is 6.61 Å². The van der Waals surface area contributed by atoms with Crippen molar-refractivity contribution in [1.82, 2.24) is 4.90 Å². The van der Waals surface area contributed by atoms with Crippen LogP contribution in [0, 0.1) is 0 Å². The number of esters is 1. The van der Waals surface area contributed by atoms with Crippen LogP contribution in [0.2, 0.25) is 5.02 Å². The predicted octanol–water partition coefficient (Wildman–Crippen LogP) is 2.66. The second-order valence-corrected chi connectivity index (χ2v) is 5.50. The SMILES string of the molecule is CCOC(=O)CCN(C(=O)COc1ccccc1Cl)C1CC1. The minimum Gasteiger partial charge on any atom is -0.482 e. The molecule has 0 spiro atoms. The summed E-state index contributed by atoms with van der Waals surface area (Å²) in [7, 11) is 0. The van der Waals surface area contributed by atoms with Gasteiger partial charge in [0.1, 0.15) is 5.75 Å². The van der Waals surface area contributed by atoms with Crippen LogP contribution in [0.25, 0.3) is 0 Å². The zero-order chi connectivity index (χ0) is 15.9. The quantitative estimate of drug-likeness (QED) is 0.689. The van der Waals surface area contributed by atoms with Crippen molar-refractivity contribution in [3.05, 3.63) is 29.3 Å². The van der Waals surface area contributed by atoms with Crippen molar-refractivity contribution < 1.29 is 19.1 Å². The lowest BCUT2D eigenvalue weighted by Crippen LogP contribution is -2.38. The van der Waals surface area contributed by atoms with Crippen LogP contribution in [-0.4, -0.2) is 42.6 Å². The molecule has 0 heterocycles. The lowest BCUT2D eigenvalue weighted by Gasteiger charge is -2.22. The minimum atomic E-state index is -0.284. The summed E-state index contributed by atoms with van der Waals surface area (Å²) in [6, 6.07) is 7.24. The highest BCUT2D eigenvalue weighted by atomic mass is 35.5. The topological polar surface area (TPSA) is 55.8 Å². The number of nitrogens with zero attached hydrogens (tertiary/aromatic N) is 1. The van der Waals surface area contributed by atoms with E-state index >= 15 is 0 Å². The van der Waals surface area contributed by atoms with Gasteiger partial charge in [-0.3, -0.25) is 9.59 Å². The van der Waals surface area contributed by atoms with Crippen LogP contribution in [0.1, 0.15) is 26.2 Å². The summed E-state index contributed by atoms with van der Waals surface area (Å²) >= 11 is 5.99. The maximum atomic E-state index is 12.3. The summed E-state index contributed by atoms with van der Waals surface area (Å²) in [5.41, 5.74) is 0. The van der Waals surface area contributed by atoms with E-state index in [0.717, 1.165) is 12.8 Å². The number of ether oxygens (including phenoxy) is 2. The summed E-state index contributed by atoms with van der Waals surface area (Å²) in [5.74, 6) is 0.0679. The average molecular weight is 326 g/mol. The normalized spacial score (nSPS) is 13.5. The van der Waals surface area contributed by atoms with Gasteiger partial charge in [0.25, 0.3) is 5.91 Å². The standard InChI is InChI=1S/C16H20ClNO4/c1-2-21-16(20)9-10-18(12-7-8-12)15(19)11-22-14-6-4-3-5-13(14)17/h3-6,12H,2,7-11H2,1H3. The Morgan fingerprint density at radius 1 is 1.32 bits per heavy atom. The van der Waals surface area contributed by atoms with Crippen molar-refractivity contribution in [3.63, 3.8) is 0 Å². The number of rotatable bonds is 8. The molecule has 1 aromatic rings. The van der Waals surface area contributed by atoms with Crippen molar-refractivity contribution in [2.75, 3.05) is 19.8 Å². The van der Waals surface area contributed by atoms with E-state index in [-0.39, 0.29) is 30.9 Å². The molecule has 1 saturated carbocycles. The van der Waals surface area contributed by atoms with Crippen LogP contribution >= 0.6 is 11.6 Å². The first-order valence-corrected chi connectivity index (χ1v) is 7.82. The van der Waals surface area contributed by atoms with Gasteiger partial charge in [0.2, 0.25) is 0 Å². The van der Waals surface area contributed by atoms with Crippen molar-refractivity contribution in [2.45, 2.75) is 32.2 Å². The van der Waals surface area contributed by atoms with Gasteiger partial charge in [-0.05, 0) is 31.9 Å². The van der Waals surface area contributed by atoms with E-state index in [4.69, 9.17) is 21.1 Å². The van der Waals surface area contributed by atoms with Crippen LogP contribution in [0.15, 0.2) is 24.3 Å². The van der Waals surface area contributed by atoms with Gasteiger partial charge >= 0.3 is 5.97 Å². The van der Waals surface area contributed by atoms with Crippen molar-refractivity contribution in [1.29, 1.82) is 0 Å². The number of hydrogen-bond donors (Lipinski definition) is 0. The molecular formula is C16H20ClNO4. The highest BCUT2D eigenvalue weighted by Gasteiger charge is 2.32. The summed E-state index contributed by atoms with van der Waals surface area (Å²) in [4.78, 5) is 25.4. The Morgan fingerprint density at radius 2 is 2.05 bits per heavy atom. The third-order valence-electron chi connectivity index (χ3n) is 3.36. The van der Waals surface area contributed by atoms with Crippen molar-refractivity contribution in [2.24, 2.45) is 0 Å². The third kappa shape index (κ3) is 4.91. The molecule has 5 nitrogen and oxygen atoms in total. The van der Waals surface area contributed by atoms with E-state index in [1.807, 2.05) is 0 Å². The molecular weight excluding hydrogens is 306 g/mol. The van der Waals surface area contributed by atoms with Crippen LogP contribution in [0.5, 0.6) is 5.75 Å². The lowest BCUT2D eigenvalue weighted by molar-refractivity contribution is -0.144. The molecule has 1 aliphatic rings. The highest BCUT2D eigenvalue weighted by Crippen LogP contribution is 2.28. The largest absolute Gasteiger partial charge is 0.482 e. The molecule has 0 aliphatic heterocycles. The molecule has 1 fully saturated rings. The molecule has 6 heteroatoms. The van der Waals surface area contributed by atoms with Gasteiger partial charge in [-0.1, -0.05) is 23.7 Å². The molecule has 0 bridgehead atoms. The van der Waals surface area contributed by atoms with Crippen LogP contribution < -0.4 is 4.74 Å². The molecule has 120 valence electrons. The number of para-hydroxylation sites is 1. The van der Waals surface area contributed by atoms with Gasteiger partial charge in [-0.25, -0.2) is 0 Å². The summed E-state index contributed by atoms with van der Waals surface area (Å²) in [6.07, 6.45) is 2.16. The number of carbonyl (C=O) groups is 2. The smallest absolute Gasteiger partial charge is 0.307 e. The Labute approximate surface area is 135 Å². The first-order chi connectivity index (χ1) is 10.6. The molecule has 0 radical (unpaired) electrons. The van der Waals surface area contributed by atoms with Gasteiger partial charge in [-0.15, -0.1) is 0 Å². The molecule has 1 aromatic carbocycles. The lowest BCUT2D eigenvalue weighted by atomic mass is 10.3. The molecule has 0 aromatic heterocycles. The van der Waals surface area contributed by atoms with Gasteiger partial charge in [0.05, 0.1) is 18.1 Å². The van der Waals surface area contributed by atoms with E-state index in [1.165, 1.54) is 0 Å². The molecule has 2 rings (SSSR count). The average Bonchev–Trinajstić information content (AvgIpc) is 3.32. The first kappa shape index (κ1) is 16.6. The minimum absolute atomic E-state index is 0.0803. The van der Waals surface area contributed by atoms with E-state index < -0.39 is 0 Å². The molecule has 1 aliphatic carbocycles. The Kier molecular flexibility index (Phi) is 6.07. The number of amides is 1. The van der Waals surface area contributed by atoms with Crippen LogP contribution in [0.3, 0.4) is 0 Å². The van der Waals surface area contributed by atoms with E-state index in [2.05, 4.69) is 0 Å². The molecule has 0 atom stereocenters. The zero-order valence-electron chi connectivity index (χ0n) is 12.6. The summed E-state index contributed by atoms with van der Waals surface area (Å²) in [5, 5.41) is 0.472. The molecule has 1 amide bonds. The van der Waals surface area contributed by atoms with E-state index in [1.54, 1.807) is 36.1 Å². The maximum Gasteiger partial charge on any atom is 0.307 e. The molecule has 0 unspecified atom stereocenters. The molecule has 0 N–H and O–H groups in total. The van der Waals surface area contributed by atoms with Gasteiger partial charge < -0.3 is 14.4 Å². The van der Waals surface area contributed by atoms with E-state index in [9.17, 15) is 9.59 Å². The fourth-order valence-corrected chi connectivity index (χ4v) is 2.32. The van der Waals surface area contributed by atoms with E-state index in [0.29, 0.717) is 23.9 Å². The highest BCUT2D eigenvalue weighted by molar-refractivity contribution is 6.32. The van der Waals surface area contributed by atoms with Crippen LogP contribution in [-0.2, 0) is 14.3 Å². The third-order valence-corrected chi connectivity index (χ3v) is 3.67. The summed E-state index contributed by atoms with van der Waals surface area (Å²) < 4.78 is 10.4. The Bertz CT molecular complexity index is 531. The molecule has 22 heavy (non-hydrogen) atoms. The second kappa shape index (κ2) is 8.03. The fraction of sp³-hybridized carbons (Fsp3) is 0.500. The van der Waals surface area contributed by atoms with Crippen molar-refractivity contribution in [3.8, 4) is 5.75 Å². The number of hydrogen-bond acceptors (Lipinski definition) is 4. The molecule has 0 saturated heterocycles. The van der Waals surface area contributed by atoms with Crippen molar-refractivity contribution >= 4 is 23.5 Å². The predicted molar refractivity (Wildman–Crippen MR) is 82.9 cm³/mol. The fourth-order valence-electron chi connectivity index (χ4n) is 2.13. The first-order valence-electron chi connectivity index (χ1n) is 7.44. The summed E-state index contributed by atoms with van der Waals surface area (Å²) in [6.45, 7) is 2.41. The van der Waals surface area contributed by atoms with Crippen LogP contribution in [0.4, 0.5) is 0 Å². The Balaban J connectivity index is 1.85. The Morgan fingerprint density at radius 3 is 2.68 bits per heavy atom. The van der Waals surface area contributed by atoms with Gasteiger partial charge in [0, 0.05) is 12.6 Å². The van der Waals surface area contributed by atoms with Gasteiger partial charge in [-0.2, -0.15) is 0 Å². The zero-order valence-corrected chi connectivity index (χ0v) is 13.3. The second-order valence-electron chi connectivity index (χ2n) is 5.09. The number of benzene rings is 1. The monoisotopic (exact) mass is 325 g/mol. The number of carbonyl (C=O) groups excluding carboxylic acids is 2. The number of halogens is 1. The Hall–Kier alpha value is -1.75.